The van der Waals surface area contributed by atoms with Crippen molar-refractivity contribution in [3.05, 3.63) is 48.0 Å². The van der Waals surface area contributed by atoms with Crippen LogP contribution in [0.25, 0.3) is 10.8 Å². The van der Waals surface area contributed by atoms with Crippen molar-refractivity contribution < 1.29 is 0 Å². The molecule has 0 saturated carbocycles. The molecular weight excluding hydrogens is 359 g/mol. The minimum atomic E-state index is -0.0265. The van der Waals surface area contributed by atoms with E-state index in [1.54, 1.807) is 0 Å². The van der Waals surface area contributed by atoms with E-state index in [4.69, 9.17) is 5.41 Å². The second kappa shape index (κ2) is 6.29. The van der Waals surface area contributed by atoms with Gasteiger partial charge >= 0.3 is 154 Å². The number of fused-ring (bicyclic) bond motifs is 1. The predicted molar refractivity (Wildman–Crippen MR) is 104 cm³/mol. The molecule has 24 heavy (non-hydrogen) atoms. The molecule has 2 aromatic carbocycles. The predicted octanol–water partition coefficient (Wildman–Crippen LogP) is 5.07. The maximum absolute atomic E-state index is 8.56. The SMILES string of the molecule is CC1(C)CCCC(C)(C)N1C(C(=N)[Se])c1cccc2ccccc12. The molecular formula is C21H27N2Se. The summed E-state index contributed by atoms with van der Waals surface area (Å²) in [6.07, 6.45) is 3.59. The van der Waals surface area contributed by atoms with Crippen LogP contribution in [-0.4, -0.2) is 36.6 Å². The van der Waals surface area contributed by atoms with E-state index in [1.807, 2.05) is 0 Å². The Labute approximate surface area is 154 Å². The van der Waals surface area contributed by atoms with Gasteiger partial charge in [0.05, 0.1) is 0 Å². The summed E-state index contributed by atoms with van der Waals surface area (Å²) in [5.41, 5.74) is 1.37. The summed E-state index contributed by atoms with van der Waals surface area (Å²) in [6.45, 7) is 9.31. The van der Waals surface area contributed by atoms with E-state index in [0.29, 0.717) is 4.61 Å². The fourth-order valence-corrected chi connectivity index (χ4v) is 5.09. The Morgan fingerprint density at radius 1 is 1.00 bits per heavy atom. The molecule has 0 amide bonds. The number of piperidine rings is 1. The van der Waals surface area contributed by atoms with Crippen molar-refractivity contribution >= 4 is 31.4 Å². The van der Waals surface area contributed by atoms with Gasteiger partial charge in [-0.25, -0.2) is 0 Å². The Morgan fingerprint density at radius 3 is 2.21 bits per heavy atom. The second-order valence-corrected chi connectivity index (χ2v) is 9.11. The number of likely N-dealkylation sites (tertiary alicyclic amines) is 1. The van der Waals surface area contributed by atoms with Gasteiger partial charge in [0.15, 0.2) is 0 Å². The van der Waals surface area contributed by atoms with Crippen LogP contribution in [-0.2, 0) is 0 Å². The van der Waals surface area contributed by atoms with Gasteiger partial charge in [0.1, 0.15) is 0 Å². The Hall–Kier alpha value is -1.15. The van der Waals surface area contributed by atoms with Gasteiger partial charge in [0, 0.05) is 0 Å². The molecule has 1 atom stereocenters. The van der Waals surface area contributed by atoms with Crippen molar-refractivity contribution in [2.75, 3.05) is 0 Å². The molecule has 1 saturated heterocycles. The number of nitrogens with zero attached hydrogens (tertiary/aromatic N) is 1. The first-order valence-corrected chi connectivity index (χ1v) is 9.62. The van der Waals surface area contributed by atoms with Crippen molar-refractivity contribution in [2.45, 2.75) is 64.1 Å². The molecule has 1 aliphatic heterocycles. The molecule has 2 aromatic rings. The first kappa shape index (κ1) is 17.7. The molecule has 1 heterocycles. The summed E-state index contributed by atoms with van der Waals surface area (Å²) < 4.78 is 0.606. The quantitative estimate of drug-likeness (QED) is 0.579. The van der Waals surface area contributed by atoms with E-state index in [1.165, 1.54) is 35.6 Å². The molecule has 2 nitrogen and oxygen atoms in total. The van der Waals surface area contributed by atoms with Crippen LogP contribution in [0.1, 0.15) is 58.6 Å². The summed E-state index contributed by atoms with van der Waals surface area (Å²) in [5, 5.41) is 11.1. The maximum atomic E-state index is 8.56. The third-order valence-electron chi connectivity index (χ3n) is 5.51. The Kier molecular flexibility index (Phi) is 4.63. The van der Waals surface area contributed by atoms with E-state index >= 15 is 0 Å². The Morgan fingerprint density at radius 2 is 1.58 bits per heavy atom. The molecule has 1 unspecified atom stereocenters. The molecule has 1 radical (unpaired) electrons. The summed E-state index contributed by atoms with van der Waals surface area (Å²) in [5.74, 6) is 0. The number of hydrogen-bond acceptors (Lipinski definition) is 2. The molecule has 127 valence electrons. The van der Waals surface area contributed by atoms with Crippen LogP contribution in [0.3, 0.4) is 0 Å². The van der Waals surface area contributed by atoms with Gasteiger partial charge in [0.25, 0.3) is 0 Å². The van der Waals surface area contributed by atoms with Crippen LogP contribution in [0.2, 0.25) is 0 Å². The number of rotatable bonds is 3. The topological polar surface area (TPSA) is 27.1 Å². The van der Waals surface area contributed by atoms with Crippen LogP contribution in [0.15, 0.2) is 42.5 Å². The minimum absolute atomic E-state index is 0.0265. The van der Waals surface area contributed by atoms with Crippen LogP contribution in [0.4, 0.5) is 0 Å². The van der Waals surface area contributed by atoms with Crippen molar-refractivity contribution in [3.8, 4) is 0 Å². The zero-order chi connectivity index (χ0) is 17.5. The zero-order valence-corrected chi connectivity index (χ0v) is 16.8. The van der Waals surface area contributed by atoms with E-state index in [9.17, 15) is 0 Å². The third-order valence-corrected chi connectivity index (χ3v) is 5.97. The molecule has 3 rings (SSSR count). The molecule has 1 aliphatic rings. The molecule has 3 heteroatoms. The van der Waals surface area contributed by atoms with Gasteiger partial charge in [-0.3, -0.25) is 0 Å². The molecule has 1 N–H and O–H groups in total. The van der Waals surface area contributed by atoms with E-state index < -0.39 is 0 Å². The molecule has 0 aliphatic carbocycles. The first-order chi connectivity index (χ1) is 11.2. The van der Waals surface area contributed by atoms with Gasteiger partial charge in [-0.15, -0.1) is 0 Å². The normalized spacial score (nSPS) is 21.5. The number of benzene rings is 2. The van der Waals surface area contributed by atoms with Gasteiger partial charge in [-0.2, -0.15) is 0 Å². The summed E-state index contributed by atoms with van der Waals surface area (Å²) >= 11 is 3.02. The number of hydrogen-bond donors (Lipinski definition) is 1. The monoisotopic (exact) mass is 387 g/mol. The molecule has 1 fully saturated rings. The first-order valence-electron chi connectivity index (χ1n) is 8.77. The van der Waals surface area contributed by atoms with Crippen molar-refractivity contribution in [1.82, 2.24) is 4.90 Å². The third kappa shape index (κ3) is 3.06. The standard InChI is InChI=1S/C21H27N2Se/c1-20(2)13-8-14-21(3,4)23(20)18(19(22)24)17-12-7-10-15-9-5-6-11-16(15)17/h5-7,9-12,18,22H,8,13-14H2,1-4H3. The van der Waals surface area contributed by atoms with E-state index in [0.717, 1.165) is 0 Å². The Balaban J connectivity index is 2.21. The summed E-state index contributed by atoms with van der Waals surface area (Å²) in [7, 11) is 0. The van der Waals surface area contributed by atoms with Gasteiger partial charge in [-0.1, -0.05) is 0 Å². The van der Waals surface area contributed by atoms with Crippen molar-refractivity contribution in [3.63, 3.8) is 0 Å². The molecule has 0 spiro atoms. The van der Waals surface area contributed by atoms with Crippen LogP contribution < -0.4 is 0 Å². The van der Waals surface area contributed by atoms with Crippen LogP contribution in [0, 0.1) is 5.41 Å². The van der Waals surface area contributed by atoms with Gasteiger partial charge in [0.2, 0.25) is 0 Å². The molecule has 0 aromatic heterocycles. The van der Waals surface area contributed by atoms with E-state index in [2.05, 4.69) is 91.1 Å². The van der Waals surface area contributed by atoms with Crippen LogP contribution in [0.5, 0.6) is 0 Å². The van der Waals surface area contributed by atoms with E-state index in [-0.39, 0.29) is 17.1 Å². The van der Waals surface area contributed by atoms with Gasteiger partial charge < -0.3 is 0 Å². The van der Waals surface area contributed by atoms with Gasteiger partial charge in [-0.05, 0) is 0 Å². The number of nitrogens with one attached hydrogen (secondary N) is 1. The Bertz CT molecular complexity index is 742. The summed E-state index contributed by atoms with van der Waals surface area (Å²) in [4.78, 5) is 2.57. The average Bonchev–Trinajstić information content (AvgIpc) is 2.50. The average molecular weight is 386 g/mol. The van der Waals surface area contributed by atoms with Crippen LogP contribution >= 0.6 is 0 Å². The zero-order valence-electron chi connectivity index (χ0n) is 15.1. The molecule has 0 bridgehead atoms. The fourth-order valence-electron chi connectivity index (χ4n) is 4.60. The fraction of sp³-hybridized carbons (Fsp3) is 0.476. The summed E-state index contributed by atoms with van der Waals surface area (Å²) in [6, 6.07) is 15.0. The van der Waals surface area contributed by atoms with Crippen molar-refractivity contribution in [1.29, 1.82) is 5.41 Å². The van der Waals surface area contributed by atoms with Crippen molar-refractivity contribution in [2.24, 2.45) is 0 Å². The second-order valence-electron chi connectivity index (χ2n) is 8.18.